The van der Waals surface area contributed by atoms with Gasteiger partial charge < -0.3 is 4.90 Å². The van der Waals surface area contributed by atoms with Crippen molar-refractivity contribution in [1.29, 1.82) is 0 Å². The van der Waals surface area contributed by atoms with Gasteiger partial charge in [-0.05, 0) is 56.0 Å². The fourth-order valence-corrected chi connectivity index (χ4v) is 4.11. The van der Waals surface area contributed by atoms with Crippen molar-refractivity contribution in [1.82, 2.24) is 14.9 Å². The van der Waals surface area contributed by atoms with Gasteiger partial charge in [0, 0.05) is 18.2 Å². The van der Waals surface area contributed by atoms with Crippen molar-refractivity contribution in [3.8, 4) is 11.3 Å². The Morgan fingerprint density at radius 1 is 1.21 bits per heavy atom. The molecule has 0 saturated carbocycles. The van der Waals surface area contributed by atoms with Crippen LogP contribution in [0.2, 0.25) is 0 Å². The van der Waals surface area contributed by atoms with Crippen molar-refractivity contribution in [2.24, 2.45) is 0 Å². The van der Waals surface area contributed by atoms with Crippen molar-refractivity contribution < 1.29 is 22.4 Å². The molecule has 1 aliphatic heterocycles. The van der Waals surface area contributed by atoms with Crippen molar-refractivity contribution in [2.75, 3.05) is 12.3 Å². The Kier molecular flexibility index (Phi) is 6.77. The van der Waals surface area contributed by atoms with Crippen LogP contribution in [0.25, 0.3) is 11.3 Å². The lowest BCUT2D eigenvalue weighted by Crippen LogP contribution is -2.44. The second-order valence-electron chi connectivity index (χ2n) is 6.86. The zero-order valence-electron chi connectivity index (χ0n) is 15.9. The molecule has 0 N–H and O–H groups in total. The Balaban J connectivity index is 1.81. The van der Waals surface area contributed by atoms with Gasteiger partial charge in [0.1, 0.15) is 11.5 Å². The van der Waals surface area contributed by atoms with Gasteiger partial charge in [-0.3, -0.25) is 4.79 Å². The predicted molar refractivity (Wildman–Crippen MR) is 103 cm³/mol. The fourth-order valence-electron chi connectivity index (χ4n) is 3.37. The molecule has 29 heavy (non-hydrogen) atoms. The van der Waals surface area contributed by atoms with Crippen LogP contribution >= 0.6 is 11.8 Å². The number of nitrogens with zero attached hydrogens (tertiary/aromatic N) is 3. The number of hydrogen-bond donors (Lipinski definition) is 0. The number of carbonyl (C=O) groups is 1. The molecule has 0 radical (unpaired) electrons. The van der Waals surface area contributed by atoms with Crippen LogP contribution in [0, 0.1) is 5.82 Å². The number of likely N-dealkylation sites (tertiary alicyclic amines) is 1. The lowest BCUT2D eigenvalue weighted by Gasteiger charge is -2.35. The van der Waals surface area contributed by atoms with E-state index < -0.39 is 17.7 Å². The minimum absolute atomic E-state index is 0.0271. The lowest BCUT2D eigenvalue weighted by atomic mass is 10.0. The maximum atomic E-state index is 13.3. The molecule has 9 heteroatoms. The van der Waals surface area contributed by atoms with E-state index in [-0.39, 0.29) is 28.6 Å². The molecule has 0 spiro atoms. The summed E-state index contributed by atoms with van der Waals surface area (Å²) >= 11 is 0.889. The number of thioether (sulfide) groups is 1. The first-order chi connectivity index (χ1) is 13.8. The number of aromatic nitrogens is 2. The molecule has 1 aromatic carbocycles. The molecule has 1 fully saturated rings. The van der Waals surface area contributed by atoms with Gasteiger partial charge in [-0.25, -0.2) is 14.4 Å². The first-order valence-electron chi connectivity index (χ1n) is 9.42. The average molecular weight is 427 g/mol. The molecule has 4 nitrogen and oxygen atoms in total. The molecule has 2 aromatic rings. The van der Waals surface area contributed by atoms with Crippen LogP contribution in [-0.2, 0) is 11.0 Å². The van der Waals surface area contributed by atoms with Gasteiger partial charge in [0.25, 0.3) is 0 Å². The molecule has 156 valence electrons. The standard InChI is InChI=1S/C20H21F4N3OS/c1-2-15-5-3-4-10-27(15)18(28)12-29-19-25-16(11-17(26-19)20(22,23)24)13-6-8-14(21)9-7-13/h6-9,11,15H,2-5,10,12H2,1H3. The number of piperidine rings is 1. The Labute approximate surface area is 170 Å². The normalized spacial score (nSPS) is 17.4. The summed E-state index contributed by atoms with van der Waals surface area (Å²) in [7, 11) is 0. The number of alkyl halides is 3. The van der Waals surface area contributed by atoms with Gasteiger partial charge in [0.15, 0.2) is 5.16 Å². The van der Waals surface area contributed by atoms with Crippen molar-refractivity contribution in [2.45, 2.75) is 50.0 Å². The zero-order valence-corrected chi connectivity index (χ0v) is 16.7. The molecule has 1 unspecified atom stereocenters. The number of rotatable bonds is 5. The number of amides is 1. The van der Waals surface area contributed by atoms with E-state index in [2.05, 4.69) is 9.97 Å². The largest absolute Gasteiger partial charge is 0.433 e. The summed E-state index contributed by atoms with van der Waals surface area (Å²) in [6, 6.07) is 6.03. The monoisotopic (exact) mass is 427 g/mol. The van der Waals surface area contributed by atoms with Gasteiger partial charge >= 0.3 is 6.18 Å². The summed E-state index contributed by atoms with van der Waals surface area (Å²) in [6.45, 7) is 2.69. The summed E-state index contributed by atoms with van der Waals surface area (Å²) in [5, 5.41) is -0.127. The van der Waals surface area contributed by atoms with E-state index in [1.54, 1.807) is 0 Å². The maximum absolute atomic E-state index is 13.3. The minimum atomic E-state index is -4.66. The third kappa shape index (κ3) is 5.46. The Morgan fingerprint density at radius 2 is 1.93 bits per heavy atom. The second kappa shape index (κ2) is 9.11. The summed E-state index contributed by atoms with van der Waals surface area (Å²) in [4.78, 5) is 22.2. The molecule has 3 rings (SSSR count). The number of halogens is 4. The van der Waals surface area contributed by atoms with Gasteiger partial charge in [0.2, 0.25) is 5.91 Å². The molecule has 1 aromatic heterocycles. The molecule has 1 atom stereocenters. The molecule has 1 amide bonds. The molecule has 0 aliphatic carbocycles. The number of benzene rings is 1. The highest BCUT2D eigenvalue weighted by molar-refractivity contribution is 7.99. The van der Waals surface area contributed by atoms with E-state index in [1.807, 2.05) is 11.8 Å². The molecule has 0 bridgehead atoms. The smallest absolute Gasteiger partial charge is 0.339 e. The van der Waals surface area contributed by atoms with Crippen LogP contribution in [0.15, 0.2) is 35.5 Å². The van der Waals surface area contributed by atoms with Gasteiger partial charge in [-0.15, -0.1) is 0 Å². The topological polar surface area (TPSA) is 46.1 Å². The quantitative estimate of drug-likeness (QED) is 0.375. The van der Waals surface area contributed by atoms with E-state index in [4.69, 9.17) is 0 Å². The molecule has 1 aliphatic rings. The predicted octanol–water partition coefficient (Wildman–Crippen LogP) is 5.18. The summed E-state index contributed by atoms with van der Waals surface area (Å²) in [5.41, 5.74) is -0.715. The Bertz CT molecular complexity index is 858. The summed E-state index contributed by atoms with van der Waals surface area (Å²) in [5.74, 6) is -0.641. The Hall–Kier alpha value is -2.16. The van der Waals surface area contributed by atoms with Crippen molar-refractivity contribution in [3.63, 3.8) is 0 Å². The van der Waals surface area contributed by atoms with Crippen LogP contribution < -0.4 is 0 Å². The van der Waals surface area contributed by atoms with Crippen molar-refractivity contribution >= 4 is 17.7 Å². The average Bonchev–Trinajstić information content (AvgIpc) is 2.71. The molecule has 1 saturated heterocycles. The van der Waals surface area contributed by atoms with Gasteiger partial charge in [-0.2, -0.15) is 13.2 Å². The van der Waals surface area contributed by atoms with E-state index in [1.165, 1.54) is 12.1 Å². The molecule has 2 heterocycles. The SMILES string of the molecule is CCC1CCCCN1C(=O)CSc1nc(-c2ccc(F)cc2)cc(C(F)(F)F)n1. The zero-order chi connectivity index (χ0) is 21.0. The Morgan fingerprint density at radius 3 is 2.59 bits per heavy atom. The highest BCUT2D eigenvalue weighted by Gasteiger charge is 2.34. The van der Waals surface area contributed by atoms with Crippen LogP contribution in [0.4, 0.5) is 17.6 Å². The third-order valence-electron chi connectivity index (χ3n) is 4.88. The van der Waals surface area contributed by atoms with Crippen LogP contribution in [-0.4, -0.2) is 39.1 Å². The summed E-state index contributed by atoms with van der Waals surface area (Å²) < 4.78 is 53.0. The third-order valence-corrected chi connectivity index (χ3v) is 5.71. The fraction of sp³-hybridized carbons (Fsp3) is 0.450. The highest BCUT2D eigenvalue weighted by Crippen LogP contribution is 2.32. The van der Waals surface area contributed by atoms with E-state index in [0.717, 1.165) is 55.6 Å². The summed E-state index contributed by atoms with van der Waals surface area (Å²) in [6.07, 6.45) is -0.848. The van der Waals surface area contributed by atoms with Gasteiger partial charge in [-0.1, -0.05) is 18.7 Å². The molecular formula is C20H21F4N3OS. The van der Waals surface area contributed by atoms with Gasteiger partial charge in [0.05, 0.1) is 11.4 Å². The van der Waals surface area contributed by atoms with Crippen molar-refractivity contribution in [3.05, 3.63) is 41.8 Å². The van der Waals surface area contributed by atoms with E-state index in [0.29, 0.717) is 12.1 Å². The first-order valence-corrected chi connectivity index (χ1v) is 10.4. The van der Waals surface area contributed by atoms with Crippen LogP contribution in [0.5, 0.6) is 0 Å². The lowest BCUT2D eigenvalue weighted by molar-refractivity contribution is -0.141. The van der Waals surface area contributed by atoms with E-state index >= 15 is 0 Å². The maximum Gasteiger partial charge on any atom is 0.433 e. The van der Waals surface area contributed by atoms with Crippen LogP contribution in [0.3, 0.4) is 0 Å². The van der Waals surface area contributed by atoms with E-state index in [9.17, 15) is 22.4 Å². The van der Waals surface area contributed by atoms with Crippen LogP contribution in [0.1, 0.15) is 38.3 Å². The first kappa shape index (κ1) is 21.5. The number of carbonyl (C=O) groups excluding carboxylic acids is 1. The highest BCUT2D eigenvalue weighted by atomic mass is 32.2. The minimum Gasteiger partial charge on any atom is -0.339 e. The number of hydrogen-bond acceptors (Lipinski definition) is 4. The second-order valence-corrected chi connectivity index (χ2v) is 7.80. The molecular weight excluding hydrogens is 406 g/mol.